The molecule has 8 heteroatoms. The van der Waals surface area contributed by atoms with Gasteiger partial charge >= 0.3 is 0 Å². The molecule has 0 bridgehead atoms. The molecule has 3 rings (SSSR count). The van der Waals surface area contributed by atoms with E-state index in [9.17, 15) is 18.0 Å². The Morgan fingerprint density at radius 3 is 2.58 bits per heavy atom. The molecule has 2 amide bonds. The minimum Gasteiger partial charge on any atom is -0.496 e. The number of hydrogen-bond acceptors (Lipinski definition) is 5. The fraction of sp³-hybridized carbons (Fsp3) is 0.391. The Hall–Kier alpha value is -2.87. The molecule has 2 aromatic carbocycles. The molecule has 0 aromatic heterocycles. The summed E-state index contributed by atoms with van der Waals surface area (Å²) < 4.78 is 32.3. The normalized spacial score (nSPS) is 17.5. The molecule has 2 aromatic rings. The predicted molar refractivity (Wildman–Crippen MR) is 117 cm³/mol. The number of nitrogens with one attached hydrogen (secondary N) is 1. The summed E-state index contributed by atoms with van der Waals surface area (Å²) in [5.41, 5.74) is 1.80. The number of hydrogen-bond donors (Lipinski definition) is 1. The molecular weight excluding hydrogens is 416 g/mol. The minimum absolute atomic E-state index is 0.0187. The highest BCUT2D eigenvalue weighted by Gasteiger charge is 2.44. The van der Waals surface area contributed by atoms with Crippen molar-refractivity contribution in [3.63, 3.8) is 0 Å². The maximum absolute atomic E-state index is 13.2. The molecule has 1 fully saturated rings. The second kappa shape index (κ2) is 9.51. The van der Waals surface area contributed by atoms with Crippen LogP contribution in [0.5, 0.6) is 5.75 Å². The second-order valence-electron chi connectivity index (χ2n) is 7.81. The summed E-state index contributed by atoms with van der Waals surface area (Å²) in [6, 6.07) is 13.1. The van der Waals surface area contributed by atoms with Gasteiger partial charge in [0.25, 0.3) is 10.0 Å². The van der Waals surface area contributed by atoms with Crippen molar-refractivity contribution in [2.75, 3.05) is 7.11 Å². The van der Waals surface area contributed by atoms with Crippen LogP contribution in [-0.4, -0.2) is 43.7 Å². The third kappa shape index (κ3) is 5.07. The van der Waals surface area contributed by atoms with Crippen molar-refractivity contribution < 1.29 is 22.7 Å². The lowest BCUT2D eigenvalue weighted by molar-refractivity contribution is -0.131. The molecule has 31 heavy (non-hydrogen) atoms. The average Bonchev–Trinajstić information content (AvgIpc) is 3.15. The van der Waals surface area contributed by atoms with Gasteiger partial charge in [-0.25, -0.2) is 12.7 Å². The standard InChI is InChI=1S/C23H28N2O5S/c1-16-15-19(11-13-21(16)30-3)31(28,29)25-20(12-14-22(25)26)23(27)24-17(2)9-10-18-7-5-4-6-8-18/h4-8,11,13,15,17,20H,9-10,12,14H2,1-3H3,(H,24,27)/t17-,20-/m0/s1. The van der Waals surface area contributed by atoms with E-state index < -0.39 is 27.9 Å². The third-order valence-corrected chi connectivity index (χ3v) is 7.31. The fourth-order valence-electron chi connectivity index (χ4n) is 3.76. The van der Waals surface area contributed by atoms with Crippen molar-refractivity contribution in [1.82, 2.24) is 9.62 Å². The Morgan fingerprint density at radius 2 is 1.94 bits per heavy atom. The van der Waals surface area contributed by atoms with Crippen LogP contribution in [0.2, 0.25) is 0 Å². The van der Waals surface area contributed by atoms with Crippen LogP contribution in [0.4, 0.5) is 0 Å². The summed E-state index contributed by atoms with van der Waals surface area (Å²) in [5.74, 6) is -0.459. The van der Waals surface area contributed by atoms with E-state index in [2.05, 4.69) is 5.32 Å². The lowest BCUT2D eigenvalue weighted by atomic mass is 10.1. The van der Waals surface area contributed by atoms with Gasteiger partial charge in [0.15, 0.2) is 0 Å². The van der Waals surface area contributed by atoms with E-state index in [0.29, 0.717) is 17.7 Å². The van der Waals surface area contributed by atoms with Crippen molar-refractivity contribution in [2.24, 2.45) is 0 Å². The zero-order chi connectivity index (χ0) is 22.6. The zero-order valence-electron chi connectivity index (χ0n) is 18.0. The highest BCUT2D eigenvalue weighted by atomic mass is 32.2. The quantitative estimate of drug-likeness (QED) is 0.676. The number of carbonyl (C=O) groups excluding carboxylic acids is 2. The van der Waals surface area contributed by atoms with Gasteiger partial charge in [-0.3, -0.25) is 9.59 Å². The molecule has 2 atom stereocenters. The third-order valence-electron chi connectivity index (χ3n) is 5.48. The number of methoxy groups -OCH3 is 1. The molecule has 0 radical (unpaired) electrons. The molecule has 1 aliphatic rings. The maximum Gasteiger partial charge on any atom is 0.267 e. The van der Waals surface area contributed by atoms with Gasteiger partial charge < -0.3 is 10.1 Å². The Labute approximate surface area is 183 Å². The van der Waals surface area contributed by atoms with Gasteiger partial charge in [0, 0.05) is 12.5 Å². The van der Waals surface area contributed by atoms with E-state index in [1.165, 1.54) is 24.8 Å². The van der Waals surface area contributed by atoms with Crippen LogP contribution in [0.1, 0.15) is 37.3 Å². The summed E-state index contributed by atoms with van der Waals surface area (Å²) >= 11 is 0. The summed E-state index contributed by atoms with van der Waals surface area (Å²) in [6.45, 7) is 3.60. The fourth-order valence-corrected chi connectivity index (χ4v) is 5.45. The van der Waals surface area contributed by atoms with Crippen molar-refractivity contribution >= 4 is 21.8 Å². The van der Waals surface area contributed by atoms with Crippen LogP contribution in [-0.2, 0) is 26.0 Å². The number of sulfonamides is 1. The molecule has 7 nitrogen and oxygen atoms in total. The topological polar surface area (TPSA) is 92.8 Å². The molecular formula is C23H28N2O5S. The monoisotopic (exact) mass is 444 g/mol. The molecule has 1 aliphatic heterocycles. The van der Waals surface area contributed by atoms with Crippen LogP contribution in [0.15, 0.2) is 53.4 Å². The lowest BCUT2D eigenvalue weighted by Gasteiger charge is -2.25. The summed E-state index contributed by atoms with van der Waals surface area (Å²) in [4.78, 5) is 25.3. The van der Waals surface area contributed by atoms with Gasteiger partial charge in [0.05, 0.1) is 12.0 Å². The highest BCUT2D eigenvalue weighted by molar-refractivity contribution is 7.89. The van der Waals surface area contributed by atoms with E-state index in [4.69, 9.17) is 4.74 Å². The van der Waals surface area contributed by atoms with Gasteiger partial charge in [-0.15, -0.1) is 0 Å². The average molecular weight is 445 g/mol. The van der Waals surface area contributed by atoms with E-state index in [-0.39, 0.29) is 23.8 Å². The van der Waals surface area contributed by atoms with Gasteiger partial charge in [-0.05, 0) is 62.4 Å². The van der Waals surface area contributed by atoms with Gasteiger partial charge in [-0.1, -0.05) is 30.3 Å². The van der Waals surface area contributed by atoms with Crippen LogP contribution in [0, 0.1) is 6.92 Å². The van der Waals surface area contributed by atoms with E-state index >= 15 is 0 Å². The molecule has 0 aliphatic carbocycles. The number of rotatable bonds is 8. The van der Waals surface area contributed by atoms with Crippen molar-refractivity contribution in [2.45, 2.75) is 56.5 Å². The van der Waals surface area contributed by atoms with Crippen molar-refractivity contribution in [1.29, 1.82) is 0 Å². The van der Waals surface area contributed by atoms with Crippen LogP contribution in [0.3, 0.4) is 0 Å². The maximum atomic E-state index is 13.2. The predicted octanol–water partition coefficient (Wildman–Crippen LogP) is 2.82. The summed E-state index contributed by atoms with van der Waals surface area (Å²) in [6.07, 6.45) is 1.69. The Morgan fingerprint density at radius 1 is 1.23 bits per heavy atom. The number of amides is 2. The Kier molecular flexibility index (Phi) is 7.00. The van der Waals surface area contributed by atoms with Gasteiger partial charge in [0.1, 0.15) is 11.8 Å². The molecule has 1 N–H and O–H groups in total. The first-order chi connectivity index (χ1) is 14.7. The molecule has 1 heterocycles. The summed E-state index contributed by atoms with van der Waals surface area (Å²) in [7, 11) is -2.65. The first-order valence-electron chi connectivity index (χ1n) is 10.3. The smallest absolute Gasteiger partial charge is 0.267 e. The van der Waals surface area contributed by atoms with Crippen LogP contribution in [0.25, 0.3) is 0 Å². The Balaban J connectivity index is 1.72. The minimum atomic E-state index is -4.15. The second-order valence-corrected chi connectivity index (χ2v) is 9.63. The molecule has 0 unspecified atom stereocenters. The largest absolute Gasteiger partial charge is 0.496 e. The van der Waals surface area contributed by atoms with Crippen molar-refractivity contribution in [3.8, 4) is 5.75 Å². The Bertz CT molecular complexity index is 1050. The lowest BCUT2D eigenvalue weighted by Crippen LogP contribution is -2.49. The number of ether oxygens (including phenoxy) is 1. The molecule has 1 saturated heterocycles. The van der Waals surface area contributed by atoms with Gasteiger partial charge in [0.2, 0.25) is 11.8 Å². The SMILES string of the molecule is COc1ccc(S(=O)(=O)N2C(=O)CC[C@H]2C(=O)N[C@@H](C)CCc2ccccc2)cc1C. The van der Waals surface area contributed by atoms with E-state index in [0.717, 1.165) is 10.7 Å². The number of carbonyl (C=O) groups is 2. The molecule has 166 valence electrons. The molecule has 0 spiro atoms. The van der Waals surface area contributed by atoms with Gasteiger partial charge in [-0.2, -0.15) is 0 Å². The van der Waals surface area contributed by atoms with Crippen molar-refractivity contribution in [3.05, 3.63) is 59.7 Å². The first kappa shape index (κ1) is 22.8. The number of benzene rings is 2. The van der Waals surface area contributed by atoms with Crippen LogP contribution >= 0.6 is 0 Å². The number of aryl methyl sites for hydroxylation is 2. The zero-order valence-corrected chi connectivity index (χ0v) is 18.8. The summed E-state index contributed by atoms with van der Waals surface area (Å²) in [5, 5.41) is 2.88. The molecule has 0 saturated carbocycles. The highest BCUT2D eigenvalue weighted by Crippen LogP contribution is 2.30. The number of nitrogens with zero attached hydrogens (tertiary/aromatic N) is 1. The van der Waals surface area contributed by atoms with E-state index in [1.54, 1.807) is 13.0 Å². The van der Waals surface area contributed by atoms with Crippen LogP contribution < -0.4 is 10.1 Å². The van der Waals surface area contributed by atoms with E-state index in [1.807, 2.05) is 37.3 Å². The first-order valence-corrected chi connectivity index (χ1v) is 11.7.